The molecule has 0 amide bonds. The fourth-order valence-corrected chi connectivity index (χ4v) is 2.32. The minimum absolute atomic E-state index is 0.174. The number of hydrogen-bond acceptors (Lipinski definition) is 3. The van der Waals surface area contributed by atoms with Crippen LogP contribution in [0.15, 0.2) is 12.1 Å². The first-order valence-corrected chi connectivity index (χ1v) is 7.47. The van der Waals surface area contributed by atoms with Crippen LogP contribution in [-0.4, -0.2) is 33.2 Å². The highest BCUT2D eigenvalue weighted by atomic mass is 19.3. The van der Waals surface area contributed by atoms with Crippen molar-refractivity contribution in [1.82, 2.24) is 0 Å². The summed E-state index contributed by atoms with van der Waals surface area (Å²) >= 11 is 0. The molecule has 0 unspecified atom stereocenters. The van der Waals surface area contributed by atoms with Gasteiger partial charge in [0.05, 0.1) is 12.8 Å². The molecule has 0 aromatic heterocycles. The average Bonchev–Trinajstić information content (AvgIpc) is 2.51. The Labute approximate surface area is 131 Å². The topological polar surface area (TPSA) is 38.5 Å². The maximum absolute atomic E-state index is 13.3. The molecule has 1 aromatic rings. The van der Waals surface area contributed by atoms with E-state index in [9.17, 15) is 13.2 Å². The SMILES string of the molecule is CC.CN.COc1cc(F)cc(C)c1N1CCC(F)(F)CC1. The molecule has 1 aromatic carbocycles. The molecule has 2 rings (SSSR count). The van der Waals surface area contributed by atoms with Gasteiger partial charge < -0.3 is 15.4 Å². The Kier molecular flexibility index (Phi) is 8.94. The van der Waals surface area contributed by atoms with E-state index in [4.69, 9.17) is 4.74 Å². The van der Waals surface area contributed by atoms with Crippen LogP contribution in [0.3, 0.4) is 0 Å². The summed E-state index contributed by atoms with van der Waals surface area (Å²) in [5, 5.41) is 0. The van der Waals surface area contributed by atoms with Crippen molar-refractivity contribution in [3.05, 3.63) is 23.5 Å². The number of alkyl halides is 2. The van der Waals surface area contributed by atoms with Gasteiger partial charge in [-0.25, -0.2) is 13.2 Å². The smallest absolute Gasteiger partial charge is 0.251 e. The van der Waals surface area contributed by atoms with E-state index in [1.165, 1.54) is 26.3 Å². The van der Waals surface area contributed by atoms with E-state index in [2.05, 4.69) is 5.73 Å². The van der Waals surface area contributed by atoms with E-state index in [0.29, 0.717) is 11.3 Å². The van der Waals surface area contributed by atoms with Crippen LogP contribution in [0.4, 0.5) is 18.9 Å². The number of methoxy groups -OCH3 is 1. The highest BCUT2D eigenvalue weighted by Gasteiger charge is 2.35. The summed E-state index contributed by atoms with van der Waals surface area (Å²) in [6, 6.07) is 2.68. The zero-order valence-corrected chi connectivity index (χ0v) is 14.0. The maximum Gasteiger partial charge on any atom is 0.251 e. The number of benzene rings is 1. The van der Waals surface area contributed by atoms with Crippen molar-refractivity contribution < 1.29 is 17.9 Å². The summed E-state index contributed by atoms with van der Waals surface area (Å²) in [6.45, 7) is 6.28. The van der Waals surface area contributed by atoms with Crippen molar-refractivity contribution in [3.8, 4) is 5.75 Å². The molecule has 1 saturated heterocycles. The predicted octanol–water partition coefficient (Wildman–Crippen LogP) is 3.98. The molecule has 1 heterocycles. The van der Waals surface area contributed by atoms with E-state index in [1.807, 2.05) is 18.7 Å². The summed E-state index contributed by atoms with van der Waals surface area (Å²) < 4.78 is 44.7. The van der Waals surface area contributed by atoms with Gasteiger partial charge in [0.25, 0.3) is 5.92 Å². The van der Waals surface area contributed by atoms with Crippen molar-refractivity contribution >= 4 is 5.69 Å². The van der Waals surface area contributed by atoms with Crippen LogP contribution in [0.1, 0.15) is 32.3 Å². The van der Waals surface area contributed by atoms with E-state index < -0.39 is 5.92 Å². The number of nitrogens with zero attached hydrogens (tertiary/aromatic N) is 1. The number of halogens is 3. The average molecular weight is 320 g/mol. The van der Waals surface area contributed by atoms with E-state index in [1.54, 1.807) is 6.92 Å². The van der Waals surface area contributed by atoms with Gasteiger partial charge in [-0.15, -0.1) is 0 Å². The fourth-order valence-electron chi connectivity index (χ4n) is 2.32. The summed E-state index contributed by atoms with van der Waals surface area (Å²) in [5.74, 6) is -2.56. The Morgan fingerprint density at radius 3 is 2.09 bits per heavy atom. The molecule has 128 valence electrons. The summed E-state index contributed by atoms with van der Waals surface area (Å²) in [7, 11) is 2.95. The molecule has 2 N–H and O–H groups in total. The van der Waals surface area contributed by atoms with Crippen LogP contribution in [0, 0.1) is 12.7 Å². The Bertz CT molecular complexity index is 443. The Hall–Kier alpha value is -1.43. The zero-order valence-electron chi connectivity index (χ0n) is 14.0. The first kappa shape index (κ1) is 20.6. The number of anilines is 1. The van der Waals surface area contributed by atoms with Gasteiger partial charge in [-0.05, 0) is 25.6 Å². The monoisotopic (exact) mass is 320 g/mol. The van der Waals surface area contributed by atoms with Crippen LogP contribution in [0.25, 0.3) is 0 Å². The second-order valence-electron chi connectivity index (χ2n) is 4.62. The number of hydrogen-bond donors (Lipinski definition) is 1. The quantitative estimate of drug-likeness (QED) is 0.896. The molecule has 0 spiro atoms. The van der Waals surface area contributed by atoms with Crippen molar-refractivity contribution in [2.75, 3.05) is 32.1 Å². The van der Waals surface area contributed by atoms with Crippen molar-refractivity contribution in [1.29, 1.82) is 0 Å². The minimum atomic E-state index is -2.59. The number of nitrogens with two attached hydrogens (primary N) is 1. The molecule has 1 aliphatic rings. The van der Waals surface area contributed by atoms with E-state index in [-0.39, 0.29) is 31.7 Å². The molecular formula is C16H27F3N2O. The molecule has 6 heteroatoms. The fraction of sp³-hybridized carbons (Fsp3) is 0.625. The van der Waals surface area contributed by atoms with Gasteiger partial charge >= 0.3 is 0 Å². The molecule has 22 heavy (non-hydrogen) atoms. The molecule has 0 saturated carbocycles. The lowest BCUT2D eigenvalue weighted by atomic mass is 10.0. The Morgan fingerprint density at radius 1 is 1.14 bits per heavy atom. The number of rotatable bonds is 2. The van der Waals surface area contributed by atoms with Crippen LogP contribution < -0.4 is 15.4 Å². The summed E-state index contributed by atoms with van der Waals surface area (Å²) in [6.07, 6.45) is -0.347. The molecule has 0 aliphatic carbocycles. The van der Waals surface area contributed by atoms with Gasteiger partial charge in [0.1, 0.15) is 11.6 Å². The third-order valence-corrected chi connectivity index (χ3v) is 3.26. The second kappa shape index (κ2) is 9.56. The van der Waals surface area contributed by atoms with Gasteiger partial charge in [-0.3, -0.25) is 0 Å². The number of aryl methyl sites for hydroxylation is 1. The van der Waals surface area contributed by atoms with Gasteiger partial charge in [-0.2, -0.15) is 0 Å². The normalized spacial score (nSPS) is 16.0. The zero-order chi connectivity index (χ0) is 17.3. The Balaban J connectivity index is 0.00000102. The van der Waals surface area contributed by atoms with Crippen LogP contribution in [-0.2, 0) is 0 Å². The summed E-state index contributed by atoms with van der Waals surface area (Å²) in [5.41, 5.74) is 5.92. The maximum atomic E-state index is 13.3. The summed E-state index contributed by atoms with van der Waals surface area (Å²) in [4.78, 5) is 1.84. The van der Waals surface area contributed by atoms with Crippen LogP contribution >= 0.6 is 0 Å². The third kappa shape index (κ3) is 5.40. The lowest BCUT2D eigenvalue weighted by molar-refractivity contribution is -0.0221. The third-order valence-electron chi connectivity index (χ3n) is 3.26. The lowest BCUT2D eigenvalue weighted by Crippen LogP contribution is -2.39. The minimum Gasteiger partial charge on any atom is -0.494 e. The molecule has 3 nitrogen and oxygen atoms in total. The second-order valence-corrected chi connectivity index (χ2v) is 4.62. The highest BCUT2D eigenvalue weighted by molar-refractivity contribution is 5.64. The first-order valence-electron chi connectivity index (χ1n) is 7.47. The van der Waals surface area contributed by atoms with E-state index >= 15 is 0 Å². The molecule has 1 aliphatic heterocycles. The molecule has 0 atom stereocenters. The van der Waals surface area contributed by atoms with Crippen molar-refractivity contribution in [3.63, 3.8) is 0 Å². The molecular weight excluding hydrogens is 293 g/mol. The van der Waals surface area contributed by atoms with E-state index in [0.717, 1.165) is 5.69 Å². The highest BCUT2D eigenvalue weighted by Crippen LogP contribution is 2.37. The van der Waals surface area contributed by atoms with Crippen molar-refractivity contribution in [2.24, 2.45) is 5.73 Å². The van der Waals surface area contributed by atoms with Gasteiger partial charge in [-0.1, -0.05) is 13.8 Å². The largest absolute Gasteiger partial charge is 0.494 e. The Morgan fingerprint density at radius 2 is 1.64 bits per heavy atom. The number of piperidine rings is 1. The lowest BCUT2D eigenvalue weighted by Gasteiger charge is -2.35. The molecule has 0 radical (unpaired) electrons. The van der Waals surface area contributed by atoms with Crippen LogP contribution in [0.2, 0.25) is 0 Å². The van der Waals surface area contributed by atoms with Gasteiger partial charge in [0.15, 0.2) is 0 Å². The van der Waals surface area contributed by atoms with Gasteiger partial charge in [0.2, 0.25) is 0 Å². The first-order chi connectivity index (χ1) is 10.4. The van der Waals surface area contributed by atoms with Gasteiger partial charge in [0, 0.05) is 32.0 Å². The van der Waals surface area contributed by atoms with Crippen molar-refractivity contribution in [2.45, 2.75) is 39.5 Å². The number of ether oxygens (including phenoxy) is 1. The van der Waals surface area contributed by atoms with Crippen LogP contribution in [0.5, 0.6) is 5.75 Å². The molecule has 0 bridgehead atoms. The predicted molar refractivity (Wildman–Crippen MR) is 85.5 cm³/mol. The molecule has 1 fully saturated rings. The standard InChI is InChI=1S/C13H16F3NO.C2H6.CH5N/c1-9-7-10(14)8-11(18-2)12(9)17-5-3-13(15,16)4-6-17;2*1-2/h7-8H,3-6H2,1-2H3;1-2H3;2H2,1H3.